The first-order valence-electron chi connectivity index (χ1n) is 9.27. The van der Waals surface area contributed by atoms with Crippen LogP contribution in [0.5, 0.6) is 5.75 Å². The Kier molecular flexibility index (Phi) is 6.02. The third-order valence-electron chi connectivity index (χ3n) is 5.25. The lowest BCUT2D eigenvalue weighted by atomic mass is 9.80. The summed E-state index contributed by atoms with van der Waals surface area (Å²) < 4.78 is 32.3. The number of benzene rings is 2. The van der Waals surface area contributed by atoms with Crippen LogP contribution in [0.1, 0.15) is 56.4 Å². The zero-order valence-electron chi connectivity index (χ0n) is 15.0. The smallest absolute Gasteiger partial charge is 0.346 e. The van der Waals surface area contributed by atoms with E-state index in [4.69, 9.17) is 4.74 Å². The zero-order valence-corrected chi connectivity index (χ0v) is 15.0. The summed E-state index contributed by atoms with van der Waals surface area (Å²) in [4.78, 5) is 12.1. The molecule has 26 heavy (non-hydrogen) atoms. The van der Waals surface area contributed by atoms with Crippen molar-refractivity contribution in [2.75, 3.05) is 0 Å². The van der Waals surface area contributed by atoms with E-state index >= 15 is 0 Å². The molecule has 0 aliphatic heterocycles. The lowest BCUT2D eigenvalue weighted by Gasteiger charge is -2.26. The minimum Gasteiger partial charge on any atom is -0.423 e. The van der Waals surface area contributed by atoms with Crippen molar-refractivity contribution in [3.8, 4) is 5.75 Å². The fourth-order valence-corrected chi connectivity index (χ4v) is 3.53. The van der Waals surface area contributed by atoms with Gasteiger partial charge in [-0.05, 0) is 66.6 Å². The Morgan fingerprint density at radius 3 is 2.42 bits per heavy atom. The van der Waals surface area contributed by atoms with Crippen molar-refractivity contribution >= 4 is 5.97 Å². The molecule has 2 aromatic rings. The molecule has 1 fully saturated rings. The lowest BCUT2D eigenvalue weighted by molar-refractivity contribution is 0.0729. The van der Waals surface area contributed by atoms with Gasteiger partial charge in [0.25, 0.3) is 0 Å². The predicted molar refractivity (Wildman–Crippen MR) is 99.3 cm³/mol. The number of rotatable bonds is 5. The average Bonchev–Trinajstić information content (AvgIpc) is 2.63. The molecule has 0 bridgehead atoms. The van der Waals surface area contributed by atoms with Gasteiger partial charge in [-0.25, -0.2) is 13.6 Å². The minimum atomic E-state index is -0.776. The van der Waals surface area contributed by atoms with Gasteiger partial charge in [0.1, 0.15) is 17.4 Å². The van der Waals surface area contributed by atoms with Gasteiger partial charge in [0, 0.05) is 1.43 Å². The van der Waals surface area contributed by atoms with Gasteiger partial charge in [0.05, 0.1) is 5.56 Å². The van der Waals surface area contributed by atoms with Crippen molar-refractivity contribution in [1.29, 1.82) is 0 Å². The standard InChI is InChI=1S/C22H24F2O2.H2/c1-15-2-4-16(5-3-15)6-7-17-8-13-20(21(24)14-17)22(25)26-19-11-9-18(23)10-12-19;/h8-16H,2-7H2,1H3;1H. The Hall–Kier alpha value is -2.23. The minimum absolute atomic E-state index is 0. The summed E-state index contributed by atoms with van der Waals surface area (Å²) in [5, 5.41) is 0. The molecular weight excluding hydrogens is 334 g/mol. The third kappa shape index (κ3) is 4.90. The number of halogens is 2. The van der Waals surface area contributed by atoms with Gasteiger partial charge in [-0.3, -0.25) is 0 Å². The number of ether oxygens (including phenoxy) is 1. The lowest BCUT2D eigenvalue weighted by Crippen LogP contribution is -2.13. The Labute approximate surface area is 154 Å². The first-order chi connectivity index (χ1) is 12.5. The van der Waals surface area contributed by atoms with Crippen LogP contribution in [-0.4, -0.2) is 5.97 Å². The molecule has 0 radical (unpaired) electrons. The fraction of sp³-hybridized carbons (Fsp3) is 0.409. The number of aryl methyl sites for hydroxylation is 1. The van der Waals surface area contributed by atoms with Gasteiger partial charge in [0.2, 0.25) is 0 Å². The molecule has 0 aromatic heterocycles. The highest BCUT2D eigenvalue weighted by molar-refractivity contribution is 5.91. The van der Waals surface area contributed by atoms with E-state index in [1.807, 2.05) is 0 Å². The highest BCUT2D eigenvalue weighted by atomic mass is 19.1. The summed E-state index contributed by atoms with van der Waals surface area (Å²) in [5.41, 5.74) is 0.795. The first-order valence-corrected chi connectivity index (χ1v) is 9.27. The summed E-state index contributed by atoms with van der Waals surface area (Å²) in [6.45, 7) is 2.30. The Morgan fingerprint density at radius 1 is 1.08 bits per heavy atom. The van der Waals surface area contributed by atoms with Crippen molar-refractivity contribution in [3.05, 3.63) is 65.2 Å². The number of hydrogen-bond acceptors (Lipinski definition) is 2. The molecule has 1 saturated carbocycles. The molecule has 3 rings (SSSR count). The maximum Gasteiger partial charge on any atom is 0.346 e. The molecule has 0 heterocycles. The SMILES string of the molecule is CC1CCC(CCc2ccc(C(=O)Oc3ccc(F)cc3)c(F)c2)CC1.[HH]. The van der Waals surface area contributed by atoms with Gasteiger partial charge in [-0.1, -0.05) is 38.7 Å². The molecule has 0 N–H and O–H groups in total. The van der Waals surface area contributed by atoms with Gasteiger partial charge < -0.3 is 4.74 Å². The van der Waals surface area contributed by atoms with Crippen LogP contribution in [0.3, 0.4) is 0 Å². The molecule has 1 aliphatic rings. The normalized spacial score (nSPS) is 20.0. The average molecular weight is 360 g/mol. The van der Waals surface area contributed by atoms with Crippen molar-refractivity contribution in [2.45, 2.75) is 45.4 Å². The molecule has 4 heteroatoms. The topological polar surface area (TPSA) is 26.3 Å². The van der Waals surface area contributed by atoms with Crippen LogP contribution in [0.15, 0.2) is 42.5 Å². The maximum atomic E-state index is 14.3. The Morgan fingerprint density at radius 2 is 1.77 bits per heavy atom. The van der Waals surface area contributed by atoms with Gasteiger partial charge in [0.15, 0.2) is 0 Å². The summed E-state index contributed by atoms with van der Waals surface area (Å²) in [6, 6.07) is 9.74. The van der Waals surface area contributed by atoms with E-state index in [9.17, 15) is 13.6 Å². The molecule has 2 nitrogen and oxygen atoms in total. The Balaban J connectivity index is 0.00000261. The van der Waals surface area contributed by atoms with Crippen LogP contribution in [0, 0.1) is 23.5 Å². The quantitative estimate of drug-likeness (QED) is 0.469. The highest BCUT2D eigenvalue weighted by Crippen LogP contribution is 2.31. The Bertz CT molecular complexity index is 753. The molecule has 0 unspecified atom stereocenters. The van der Waals surface area contributed by atoms with Gasteiger partial charge >= 0.3 is 5.97 Å². The summed E-state index contributed by atoms with van der Waals surface area (Å²) in [5.74, 6) is -0.0413. The molecule has 0 atom stereocenters. The third-order valence-corrected chi connectivity index (χ3v) is 5.25. The van der Waals surface area contributed by atoms with Crippen LogP contribution in [0.2, 0.25) is 0 Å². The van der Waals surface area contributed by atoms with Gasteiger partial charge in [-0.15, -0.1) is 0 Å². The van der Waals surface area contributed by atoms with E-state index < -0.39 is 17.6 Å². The number of hydrogen-bond donors (Lipinski definition) is 0. The second-order valence-corrected chi connectivity index (χ2v) is 7.32. The summed E-state index contributed by atoms with van der Waals surface area (Å²) >= 11 is 0. The molecule has 1 aliphatic carbocycles. The van der Waals surface area contributed by atoms with Crippen LogP contribution in [0.25, 0.3) is 0 Å². The van der Waals surface area contributed by atoms with Crippen LogP contribution >= 0.6 is 0 Å². The molecule has 2 aromatic carbocycles. The number of carbonyl (C=O) groups excluding carboxylic acids is 1. The second-order valence-electron chi connectivity index (χ2n) is 7.32. The van der Waals surface area contributed by atoms with Crippen molar-refractivity contribution in [2.24, 2.45) is 11.8 Å². The van der Waals surface area contributed by atoms with E-state index in [-0.39, 0.29) is 12.7 Å². The van der Waals surface area contributed by atoms with E-state index in [1.54, 1.807) is 6.07 Å². The van der Waals surface area contributed by atoms with E-state index in [2.05, 4.69) is 6.92 Å². The summed E-state index contributed by atoms with van der Waals surface area (Å²) in [7, 11) is 0. The van der Waals surface area contributed by atoms with Crippen molar-refractivity contribution < 1.29 is 19.7 Å². The van der Waals surface area contributed by atoms with E-state index in [0.29, 0.717) is 0 Å². The van der Waals surface area contributed by atoms with Crippen molar-refractivity contribution in [1.82, 2.24) is 0 Å². The number of esters is 1. The number of carbonyl (C=O) groups is 1. The molecule has 140 valence electrons. The van der Waals surface area contributed by atoms with E-state index in [1.165, 1.54) is 62.1 Å². The molecule has 0 spiro atoms. The second kappa shape index (κ2) is 8.43. The van der Waals surface area contributed by atoms with Crippen LogP contribution < -0.4 is 4.74 Å². The molecule has 0 saturated heterocycles. The van der Waals surface area contributed by atoms with Crippen LogP contribution in [0.4, 0.5) is 8.78 Å². The van der Waals surface area contributed by atoms with Crippen molar-refractivity contribution in [3.63, 3.8) is 0 Å². The monoisotopic (exact) mass is 360 g/mol. The predicted octanol–water partition coefficient (Wildman–Crippen LogP) is 6.19. The molecular formula is C22H26F2O2. The largest absolute Gasteiger partial charge is 0.423 e. The van der Waals surface area contributed by atoms with Crippen LogP contribution in [-0.2, 0) is 6.42 Å². The molecule has 0 amide bonds. The zero-order chi connectivity index (χ0) is 18.5. The van der Waals surface area contributed by atoms with Gasteiger partial charge in [-0.2, -0.15) is 0 Å². The van der Waals surface area contributed by atoms with E-state index in [0.717, 1.165) is 30.2 Å². The highest BCUT2D eigenvalue weighted by Gasteiger charge is 2.19. The fourth-order valence-electron chi connectivity index (χ4n) is 3.53. The maximum absolute atomic E-state index is 14.3. The summed E-state index contributed by atoms with van der Waals surface area (Å²) in [6.07, 6.45) is 6.96. The first kappa shape index (κ1) is 18.6.